The Balaban J connectivity index is 1.44. The number of rotatable bonds is 7. The van der Waals surface area contributed by atoms with Gasteiger partial charge in [0.1, 0.15) is 16.9 Å². The Kier molecular flexibility index (Phi) is 10.5. The molecule has 3 aromatic carbocycles. The normalized spacial score (nSPS) is 21.3. The second-order valence-electron chi connectivity index (χ2n) is 15.3. The molecule has 0 saturated heterocycles. The zero-order valence-corrected chi connectivity index (χ0v) is 30.1. The molecule has 8 nitrogen and oxygen atoms in total. The molecule has 0 bridgehead atoms. The molecular formula is C37H47F3NO7P. The minimum Gasteiger partial charge on any atom is -0.490 e. The van der Waals surface area contributed by atoms with Gasteiger partial charge in [-0.05, 0) is 104 Å². The third kappa shape index (κ3) is 9.17. The molecule has 1 amide bonds. The van der Waals surface area contributed by atoms with Crippen molar-refractivity contribution >= 4 is 24.7 Å². The fraction of sp³-hybridized carbons (Fsp3) is 0.541. The molecule has 0 radical (unpaired) electrons. The number of nitrogens with one attached hydrogen (secondary N) is 1. The number of alkyl carbamates (subject to hydrolysis) is 1. The molecule has 49 heavy (non-hydrogen) atoms. The van der Waals surface area contributed by atoms with Gasteiger partial charge in [0.25, 0.3) is 0 Å². The lowest BCUT2D eigenvalue weighted by atomic mass is 9.72. The summed E-state index contributed by atoms with van der Waals surface area (Å²) in [5, 5.41) is 3.01. The zero-order valence-electron chi connectivity index (χ0n) is 29.2. The van der Waals surface area contributed by atoms with E-state index in [-0.39, 0.29) is 41.3 Å². The van der Waals surface area contributed by atoms with E-state index in [1.165, 1.54) is 18.2 Å². The first-order valence-electron chi connectivity index (χ1n) is 16.7. The Morgan fingerprint density at radius 1 is 0.878 bits per heavy atom. The molecule has 2 aliphatic rings. The van der Waals surface area contributed by atoms with Crippen molar-refractivity contribution in [2.75, 3.05) is 6.61 Å². The minimum atomic E-state index is -4.69. The largest absolute Gasteiger partial charge is 0.490 e. The lowest BCUT2D eigenvalue weighted by Gasteiger charge is -2.37. The monoisotopic (exact) mass is 705 g/mol. The lowest BCUT2D eigenvalue weighted by molar-refractivity contribution is -0.138. The van der Waals surface area contributed by atoms with Gasteiger partial charge in [-0.3, -0.25) is 13.6 Å². The number of alkyl halides is 3. The van der Waals surface area contributed by atoms with E-state index in [9.17, 15) is 22.5 Å². The summed E-state index contributed by atoms with van der Waals surface area (Å²) in [5.74, 6) is 0.291. The van der Waals surface area contributed by atoms with Crippen molar-refractivity contribution in [3.63, 3.8) is 0 Å². The molecule has 0 spiro atoms. The molecule has 268 valence electrons. The van der Waals surface area contributed by atoms with E-state index in [1.54, 1.807) is 39.8 Å². The first-order valence-corrected chi connectivity index (χ1v) is 18.1. The van der Waals surface area contributed by atoms with E-state index in [2.05, 4.69) is 26.1 Å². The van der Waals surface area contributed by atoms with Crippen LogP contribution in [0.4, 0.5) is 18.0 Å². The van der Waals surface area contributed by atoms with Crippen LogP contribution in [-0.4, -0.2) is 24.4 Å². The summed E-state index contributed by atoms with van der Waals surface area (Å²) in [7, 11) is -4.11. The quantitative estimate of drug-likeness (QED) is 0.245. The van der Waals surface area contributed by atoms with Crippen LogP contribution in [0.3, 0.4) is 0 Å². The van der Waals surface area contributed by atoms with E-state index in [0.717, 1.165) is 24.0 Å². The van der Waals surface area contributed by atoms with Crippen LogP contribution in [0.2, 0.25) is 0 Å². The Bertz CT molecular complexity index is 1680. The fourth-order valence-corrected chi connectivity index (χ4v) is 7.68. The number of halogens is 3. The van der Waals surface area contributed by atoms with Gasteiger partial charge in [-0.1, -0.05) is 63.2 Å². The maximum absolute atomic E-state index is 14.7. The molecule has 3 aromatic rings. The smallest absolute Gasteiger partial charge is 0.475 e. The number of carbonyl (C=O) groups excluding carboxylic acids is 1. The molecule has 1 saturated carbocycles. The number of amides is 1. The number of phosphoric ester groups is 1. The highest BCUT2D eigenvalue weighted by Crippen LogP contribution is 2.54. The van der Waals surface area contributed by atoms with Crippen LogP contribution in [0.1, 0.15) is 96.4 Å². The minimum absolute atomic E-state index is 0.0116. The number of fused-ring (bicyclic) bond motifs is 2. The van der Waals surface area contributed by atoms with Gasteiger partial charge in [0, 0.05) is 0 Å². The number of hydrogen-bond donors (Lipinski definition) is 1. The van der Waals surface area contributed by atoms with Crippen LogP contribution in [0, 0.1) is 11.3 Å². The maximum Gasteiger partial charge on any atom is 0.475 e. The summed E-state index contributed by atoms with van der Waals surface area (Å²) in [5.41, 5.74) is -0.999. The van der Waals surface area contributed by atoms with Crippen LogP contribution in [-0.2, 0) is 47.8 Å². The van der Waals surface area contributed by atoms with Crippen molar-refractivity contribution in [2.24, 2.45) is 11.3 Å². The predicted molar refractivity (Wildman–Crippen MR) is 181 cm³/mol. The van der Waals surface area contributed by atoms with Crippen molar-refractivity contribution in [2.45, 2.75) is 111 Å². The third-order valence-corrected chi connectivity index (χ3v) is 10.6. The summed E-state index contributed by atoms with van der Waals surface area (Å²) in [6, 6.07) is 14.7. The van der Waals surface area contributed by atoms with Crippen LogP contribution in [0.5, 0.6) is 5.75 Å². The van der Waals surface area contributed by atoms with Crippen molar-refractivity contribution in [3.05, 3.63) is 76.9 Å². The second-order valence-corrected chi connectivity index (χ2v) is 17.0. The Hall–Kier alpha value is -3.11. The third-order valence-electron chi connectivity index (χ3n) is 9.26. The van der Waals surface area contributed by atoms with E-state index >= 15 is 0 Å². The molecule has 12 heteroatoms. The standard InChI is InChI=1S/C37H47F3NO7P/c1-34(2,3)27-13-16-29(17-14-27)47-31-19-12-24-20-28(15-18-30(24)32(31)37(38,39)40)36(7,41-33(42)48-35(4,5)6)23-46-49(43)44-21-25-10-8-9-11-26(25)22-45-49/h8-12,15,18-20,27,29H,13-14,16-17,21-23H2,1-7H3,(H,41,42)/t27?,29?,36-/m0/s1. The van der Waals surface area contributed by atoms with E-state index in [0.29, 0.717) is 24.3 Å². The van der Waals surface area contributed by atoms with Gasteiger partial charge in [0.15, 0.2) is 0 Å². The number of carbonyl (C=O) groups is 1. The van der Waals surface area contributed by atoms with Gasteiger partial charge < -0.3 is 14.8 Å². The molecule has 1 heterocycles. The molecule has 0 unspecified atom stereocenters. The summed E-state index contributed by atoms with van der Waals surface area (Å²) in [6.45, 7) is 12.9. The predicted octanol–water partition coefficient (Wildman–Crippen LogP) is 10.5. The van der Waals surface area contributed by atoms with Crippen LogP contribution < -0.4 is 10.1 Å². The molecule has 1 aliphatic carbocycles. The van der Waals surface area contributed by atoms with E-state index in [4.69, 9.17) is 23.0 Å². The Labute approximate surface area is 286 Å². The highest BCUT2D eigenvalue weighted by molar-refractivity contribution is 7.48. The van der Waals surface area contributed by atoms with Crippen molar-refractivity contribution in [1.29, 1.82) is 0 Å². The van der Waals surface area contributed by atoms with E-state index in [1.807, 2.05) is 24.3 Å². The fourth-order valence-electron chi connectivity index (χ4n) is 6.45. The zero-order chi connectivity index (χ0) is 35.8. The highest BCUT2D eigenvalue weighted by Gasteiger charge is 2.40. The molecule has 1 atom stereocenters. The first kappa shape index (κ1) is 37.2. The molecule has 1 fully saturated rings. The summed E-state index contributed by atoms with van der Waals surface area (Å²) in [6.07, 6.45) is -2.62. The first-order chi connectivity index (χ1) is 22.7. The summed E-state index contributed by atoms with van der Waals surface area (Å²) < 4.78 is 86.2. The Morgan fingerprint density at radius 3 is 2.04 bits per heavy atom. The summed E-state index contributed by atoms with van der Waals surface area (Å²) in [4.78, 5) is 13.1. The molecule has 1 aliphatic heterocycles. The Morgan fingerprint density at radius 2 is 1.49 bits per heavy atom. The van der Waals surface area contributed by atoms with Gasteiger partial charge in [-0.15, -0.1) is 0 Å². The van der Waals surface area contributed by atoms with Crippen molar-refractivity contribution in [3.8, 4) is 5.75 Å². The molecule has 1 N–H and O–H groups in total. The van der Waals surface area contributed by atoms with Gasteiger partial charge in [-0.2, -0.15) is 13.2 Å². The van der Waals surface area contributed by atoms with Gasteiger partial charge >= 0.3 is 20.1 Å². The lowest BCUT2D eigenvalue weighted by Crippen LogP contribution is -2.48. The molecule has 5 rings (SSSR count). The number of benzene rings is 3. The molecule has 0 aromatic heterocycles. The second kappa shape index (κ2) is 13.9. The number of phosphoric acid groups is 1. The van der Waals surface area contributed by atoms with Crippen molar-refractivity contribution < 1.29 is 45.6 Å². The average molecular weight is 706 g/mol. The van der Waals surface area contributed by atoms with Crippen LogP contribution in [0.15, 0.2) is 54.6 Å². The number of ether oxygens (including phenoxy) is 2. The average Bonchev–Trinajstić information content (AvgIpc) is 3.17. The number of hydrogen-bond acceptors (Lipinski definition) is 7. The maximum atomic E-state index is 14.7. The van der Waals surface area contributed by atoms with Crippen LogP contribution >= 0.6 is 7.82 Å². The summed E-state index contributed by atoms with van der Waals surface area (Å²) >= 11 is 0. The molecular weight excluding hydrogens is 658 g/mol. The van der Waals surface area contributed by atoms with Crippen LogP contribution in [0.25, 0.3) is 10.8 Å². The van der Waals surface area contributed by atoms with Crippen molar-refractivity contribution in [1.82, 2.24) is 5.32 Å². The van der Waals surface area contributed by atoms with Gasteiger partial charge in [-0.25, -0.2) is 9.36 Å². The SMILES string of the molecule is CC(C)(C)OC(=O)N[C@@](C)(COP1(=O)OCc2ccccc2CO1)c1ccc2c(C(F)(F)F)c(OC3CCC(C(C)(C)C)CC3)ccc2c1. The highest BCUT2D eigenvalue weighted by atomic mass is 31.2. The topological polar surface area (TPSA) is 92.3 Å². The van der Waals surface area contributed by atoms with E-state index < -0.39 is 43.4 Å². The van der Waals surface area contributed by atoms with Gasteiger partial charge in [0.2, 0.25) is 0 Å². The van der Waals surface area contributed by atoms with Gasteiger partial charge in [0.05, 0.1) is 31.5 Å².